The van der Waals surface area contributed by atoms with Gasteiger partial charge in [0, 0.05) is 13.0 Å². The van der Waals surface area contributed by atoms with Gasteiger partial charge in [0.2, 0.25) is 5.91 Å². The first-order valence-electron chi connectivity index (χ1n) is 3.67. The minimum Gasteiger partial charge on any atom is -0.336 e. The zero-order valence-corrected chi connectivity index (χ0v) is 6.43. The molecule has 1 amide bonds. The van der Waals surface area contributed by atoms with Crippen LogP contribution in [0.25, 0.3) is 0 Å². The number of alkyl halides is 2. The van der Waals surface area contributed by atoms with E-state index in [2.05, 4.69) is 0 Å². The van der Waals surface area contributed by atoms with Gasteiger partial charge in [-0.2, -0.15) is 0 Å². The number of carbonyl (C=O) groups is 2. The van der Waals surface area contributed by atoms with E-state index in [0.717, 1.165) is 4.90 Å². The van der Waals surface area contributed by atoms with Crippen LogP contribution in [0.15, 0.2) is 0 Å². The lowest BCUT2D eigenvalue weighted by molar-refractivity contribution is -0.141. The van der Waals surface area contributed by atoms with Crippen LogP contribution in [0.2, 0.25) is 0 Å². The third-order valence-corrected chi connectivity index (χ3v) is 1.72. The highest BCUT2D eigenvalue weighted by Crippen LogP contribution is 2.09. The standard InChI is InChI=1S/C7H9F2NO2/c8-6(9)4-10-2-1-5(11)3-7(10)12/h6H,1-4H2. The Hall–Kier alpha value is -1.00. The van der Waals surface area contributed by atoms with Gasteiger partial charge in [0.05, 0.1) is 13.0 Å². The van der Waals surface area contributed by atoms with Crippen LogP contribution in [0.4, 0.5) is 8.78 Å². The third kappa shape index (κ3) is 2.25. The fraction of sp³-hybridized carbons (Fsp3) is 0.714. The van der Waals surface area contributed by atoms with Gasteiger partial charge >= 0.3 is 0 Å². The fourth-order valence-corrected chi connectivity index (χ4v) is 1.11. The molecule has 0 aliphatic carbocycles. The molecule has 5 heteroatoms. The lowest BCUT2D eigenvalue weighted by Gasteiger charge is -2.25. The molecule has 3 nitrogen and oxygen atoms in total. The van der Waals surface area contributed by atoms with E-state index in [1.807, 2.05) is 0 Å². The maximum Gasteiger partial charge on any atom is 0.255 e. The van der Waals surface area contributed by atoms with Crippen LogP contribution in [0.5, 0.6) is 0 Å². The Bertz CT molecular complexity index is 206. The second kappa shape index (κ2) is 3.60. The third-order valence-electron chi connectivity index (χ3n) is 1.72. The van der Waals surface area contributed by atoms with Gasteiger partial charge in [-0.1, -0.05) is 0 Å². The largest absolute Gasteiger partial charge is 0.336 e. The molecule has 1 fully saturated rings. The minimum atomic E-state index is -2.51. The Labute approximate surface area is 68.3 Å². The van der Waals surface area contributed by atoms with Gasteiger partial charge in [-0.15, -0.1) is 0 Å². The first kappa shape index (κ1) is 9.09. The number of Topliss-reactive ketones (excluding diaryl/α,β-unsaturated/α-hetero) is 1. The van der Waals surface area contributed by atoms with E-state index in [1.54, 1.807) is 0 Å². The van der Waals surface area contributed by atoms with Gasteiger partial charge in [-0.25, -0.2) is 8.78 Å². The van der Waals surface area contributed by atoms with Gasteiger partial charge < -0.3 is 4.90 Å². The van der Waals surface area contributed by atoms with Crippen LogP contribution < -0.4 is 0 Å². The second-order valence-corrected chi connectivity index (χ2v) is 2.70. The maximum atomic E-state index is 11.8. The van der Waals surface area contributed by atoms with E-state index in [-0.39, 0.29) is 25.2 Å². The number of nitrogens with zero attached hydrogens (tertiary/aromatic N) is 1. The highest BCUT2D eigenvalue weighted by molar-refractivity contribution is 6.00. The number of carbonyl (C=O) groups excluding carboxylic acids is 2. The van der Waals surface area contributed by atoms with Crippen molar-refractivity contribution in [2.45, 2.75) is 19.3 Å². The summed E-state index contributed by atoms with van der Waals surface area (Å²) in [6.07, 6.45) is -2.52. The average molecular weight is 177 g/mol. The molecule has 0 unspecified atom stereocenters. The van der Waals surface area contributed by atoms with Crippen LogP contribution in [0.1, 0.15) is 12.8 Å². The molecule has 1 saturated heterocycles. The molecule has 68 valence electrons. The van der Waals surface area contributed by atoms with Crippen molar-refractivity contribution in [1.82, 2.24) is 4.90 Å². The summed E-state index contributed by atoms with van der Waals surface area (Å²) in [6.45, 7) is -0.409. The topological polar surface area (TPSA) is 37.4 Å². The Morgan fingerprint density at radius 3 is 2.58 bits per heavy atom. The molecule has 0 aromatic rings. The molecule has 1 aliphatic heterocycles. The van der Waals surface area contributed by atoms with Gasteiger partial charge in [0.25, 0.3) is 6.43 Å². The number of ketones is 1. The Balaban J connectivity index is 2.45. The molecule has 12 heavy (non-hydrogen) atoms. The first-order chi connectivity index (χ1) is 5.59. The number of halogens is 2. The lowest BCUT2D eigenvalue weighted by Crippen LogP contribution is -2.41. The highest BCUT2D eigenvalue weighted by atomic mass is 19.3. The van der Waals surface area contributed by atoms with Crippen molar-refractivity contribution in [3.05, 3.63) is 0 Å². The molecule has 0 N–H and O–H groups in total. The van der Waals surface area contributed by atoms with Gasteiger partial charge in [-0.05, 0) is 0 Å². The summed E-state index contributed by atoms with van der Waals surface area (Å²) in [7, 11) is 0. The smallest absolute Gasteiger partial charge is 0.255 e. The van der Waals surface area contributed by atoms with Crippen molar-refractivity contribution >= 4 is 11.7 Å². The van der Waals surface area contributed by atoms with E-state index in [1.165, 1.54) is 0 Å². The molecule has 0 radical (unpaired) electrons. The average Bonchev–Trinajstić information content (AvgIpc) is 1.94. The molecule has 1 heterocycles. The summed E-state index contributed by atoms with van der Waals surface area (Å²) >= 11 is 0. The zero-order valence-electron chi connectivity index (χ0n) is 6.43. The molecule has 0 saturated carbocycles. The van der Waals surface area contributed by atoms with Gasteiger partial charge in [0.15, 0.2) is 0 Å². The van der Waals surface area contributed by atoms with Crippen LogP contribution >= 0.6 is 0 Å². The monoisotopic (exact) mass is 177 g/mol. The molecule has 1 rings (SSSR count). The van der Waals surface area contributed by atoms with Crippen molar-refractivity contribution < 1.29 is 18.4 Å². The molecule has 0 atom stereocenters. The van der Waals surface area contributed by atoms with Crippen molar-refractivity contribution in [1.29, 1.82) is 0 Å². The predicted octanol–water partition coefficient (Wildman–Crippen LogP) is 0.443. The number of hydrogen-bond acceptors (Lipinski definition) is 2. The van der Waals surface area contributed by atoms with Gasteiger partial charge in [0.1, 0.15) is 5.78 Å². The summed E-state index contributed by atoms with van der Waals surface area (Å²) in [5.74, 6) is -0.642. The molecular formula is C7H9F2NO2. The molecule has 0 bridgehead atoms. The lowest BCUT2D eigenvalue weighted by atomic mass is 10.1. The molecule has 1 aliphatic rings. The van der Waals surface area contributed by atoms with Crippen molar-refractivity contribution in [3.8, 4) is 0 Å². The van der Waals surface area contributed by atoms with Crippen molar-refractivity contribution in [3.63, 3.8) is 0 Å². The highest BCUT2D eigenvalue weighted by Gasteiger charge is 2.25. The van der Waals surface area contributed by atoms with Crippen LogP contribution in [0, 0.1) is 0 Å². The summed E-state index contributed by atoms with van der Waals surface area (Å²) in [5.41, 5.74) is 0. The minimum absolute atomic E-state index is 0.141. The van der Waals surface area contributed by atoms with Gasteiger partial charge in [-0.3, -0.25) is 9.59 Å². The maximum absolute atomic E-state index is 11.8. The number of rotatable bonds is 2. The Morgan fingerprint density at radius 2 is 2.08 bits per heavy atom. The number of hydrogen-bond donors (Lipinski definition) is 0. The summed E-state index contributed by atoms with van der Waals surface area (Å²) in [5, 5.41) is 0. The summed E-state index contributed by atoms with van der Waals surface area (Å²) in [4.78, 5) is 22.6. The number of likely N-dealkylation sites (tertiary alicyclic amines) is 1. The van der Waals surface area contributed by atoms with Crippen LogP contribution in [0.3, 0.4) is 0 Å². The molecule has 0 aromatic carbocycles. The van der Waals surface area contributed by atoms with E-state index >= 15 is 0 Å². The van der Waals surface area contributed by atoms with E-state index in [4.69, 9.17) is 0 Å². The fourth-order valence-electron chi connectivity index (χ4n) is 1.11. The number of amides is 1. The first-order valence-corrected chi connectivity index (χ1v) is 3.67. The SMILES string of the molecule is O=C1CCN(CC(F)F)C(=O)C1. The predicted molar refractivity (Wildman–Crippen MR) is 36.8 cm³/mol. The van der Waals surface area contributed by atoms with E-state index in [0.29, 0.717) is 0 Å². The molecular weight excluding hydrogens is 168 g/mol. The second-order valence-electron chi connectivity index (χ2n) is 2.70. The van der Waals surface area contributed by atoms with Crippen LogP contribution in [-0.4, -0.2) is 36.1 Å². The number of piperidine rings is 1. The normalized spacial score (nSPS) is 19.1. The quantitative estimate of drug-likeness (QED) is 0.574. The molecule has 0 spiro atoms. The molecule has 0 aromatic heterocycles. The van der Waals surface area contributed by atoms with E-state index in [9.17, 15) is 18.4 Å². The summed E-state index contributed by atoms with van der Waals surface area (Å²) in [6, 6.07) is 0. The van der Waals surface area contributed by atoms with Crippen molar-refractivity contribution in [2.75, 3.05) is 13.1 Å². The van der Waals surface area contributed by atoms with Crippen LogP contribution in [-0.2, 0) is 9.59 Å². The van der Waals surface area contributed by atoms with Crippen molar-refractivity contribution in [2.24, 2.45) is 0 Å². The zero-order chi connectivity index (χ0) is 9.14. The summed E-state index contributed by atoms with van der Waals surface area (Å²) < 4.78 is 23.6. The van der Waals surface area contributed by atoms with E-state index < -0.39 is 18.9 Å². The Morgan fingerprint density at radius 1 is 1.42 bits per heavy atom. The Kier molecular flexibility index (Phi) is 2.73.